The molecule has 0 fully saturated rings. The first-order chi connectivity index (χ1) is 12.3. The van der Waals surface area contributed by atoms with Crippen molar-refractivity contribution in [1.29, 1.82) is 0 Å². The molecule has 0 aromatic rings. The van der Waals surface area contributed by atoms with Crippen molar-refractivity contribution < 1.29 is 40.5 Å². The third kappa shape index (κ3) is 14.5. The average molecular weight is 421 g/mol. The van der Waals surface area contributed by atoms with Crippen molar-refractivity contribution in [3.05, 3.63) is 0 Å². The zero-order valence-electron chi connectivity index (χ0n) is 15.4. The zero-order chi connectivity index (χ0) is 19.9. The van der Waals surface area contributed by atoms with Crippen molar-refractivity contribution in [2.45, 2.75) is 101 Å². The molecule has 27 heavy (non-hydrogen) atoms. The van der Waals surface area contributed by atoms with E-state index in [4.69, 9.17) is 15.3 Å². The Morgan fingerprint density at radius 3 is 1.44 bits per heavy atom. The quantitative estimate of drug-likeness (QED) is 0.123. The Bertz CT molecular complexity index is 358. The van der Waals surface area contributed by atoms with Crippen molar-refractivity contribution in [3.63, 3.8) is 0 Å². The first-order valence-corrected chi connectivity index (χ1v) is 9.57. The van der Waals surface area contributed by atoms with Gasteiger partial charge in [0, 0.05) is 6.61 Å². The number of aliphatic carboxylic acids is 1. The second kappa shape index (κ2) is 18.9. The third-order valence-corrected chi connectivity index (χ3v) is 4.58. The van der Waals surface area contributed by atoms with Gasteiger partial charge in [-0.25, -0.2) is 4.79 Å². The van der Waals surface area contributed by atoms with Gasteiger partial charge in [-0.15, -0.1) is 0 Å². The monoisotopic (exact) mass is 420 g/mol. The third-order valence-electron chi connectivity index (χ3n) is 4.58. The molecule has 7 N–H and O–H groups in total. The van der Waals surface area contributed by atoms with Crippen LogP contribution in [0.1, 0.15) is 70.6 Å². The van der Waals surface area contributed by atoms with Gasteiger partial charge in [0.15, 0.2) is 6.10 Å². The first kappa shape index (κ1) is 30.1. The Morgan fingerprint density at radius 2 is 1.04 bits per heavy atom. The van der Waals surface area contributed by atoms with Gasteiger partial charge in [0.25, 0.3) is 0 Å². The summed E-state index contributed by atoms with van der Waals surface area (Å²) in [5, 5.41) is 65.1. The molecular weight excluding hydrogens is 383 g/mol. The van der Waals surface area contributed by atoms with Crippen molar-refractivity contribution in [3.8, 4) is 0 Å². The van der Waals surface area contributed by atoms with E-state index >= 15 is 0 Å². The number of hydrogen-bond donors (Lipinski definition) is 7. The van der Waals surface area contributed by atoms with Crippen LogP contribution in [0.15, 0.2) is 0 Å². The van der Waals surface area contributed by atoms with Crippen LogP contribution in [0.2, 0.25) is 0 Å². The van der Waals surface area contributed by atoms with E-state index in [1.807, 2.05) is 0 Å². The SMILES string of the molecule is O=C(O)C(O)C(O)C(O)C(O)C(O)CCCCCCCCCCCCO.[KH]. The van der Waals surface area contributed by atoms with Gasteiger partial charge in [-0.3, -0.25) is 0 Å². The number of carbonyl (C=O) groups is 1. The van der Waals surface area contributed by atoms with E-state index < -0.39 is 36.5 Å². The number of rotatable bonds is 17. The molecule has 0 rings (SSSR count). The summed E-state index contributed by atoms with van der Waals surface area (Å²) in [6, 6.07) is 0. The fraction of sp³-hybridized carbons (Fsp3) is 0.944. The van der Waals surface area contributed by atoms with Crippen LogP contribution in [0.25, 0.3) is 0 Å². The Hall–Kier alpha value is 0.866. The van der Waals surface area contributed by atoms with Crippen LogP contribution in [0, 0.1) is 0 Å². The summed E-state index contributed by atoms with van der Waals surface area (Å²) in [6.45, 7) is 0.261. The molecule has 0 bridgehead atoms. The molecule has 0 aliphatic carbocycles. The fourth-order valence-corrected chi connectivity index (χ4v) is 2.81. The molecule has 0 saturated carbocycles. The van der Waals surface area contributed by atoms with Crippen LogP contribution < -0.4 is 0 Å². The zero-order valence-corrected chi connectivity index (χ0v) is 15.4. The molecule has 9 heteroatoms. The molecule has 0 heterocycles. The van der Waals surface area contributed by atoms with E-state index in [2.05, 4.69) is 0 Å². The minimum atomic E-state index is -2.23. The Kier molecular flexibility index (Phi) is 21.0. The van der Waals surface area contributed by atoms with E-state index in [1.54, 1.807) is 0 Å². The summed E-state index contributed by atoms with van der Waals surface area (Å²) in [7, 11) is 0. The fourth-order valence-electron chi connectivity index (χ4n) is 2.81. The molecule has 0 saturated heterocycles. The second-order valence-corrected chi connectivity index (χ2v) is 6.87. The van der Waals surface area contributed by atoms with Gasteiger partial charge >= 0.3 is 57.4 Å². The number of carboxylic acid groups (broad SMARTS) is 1. The van der Waals surface area contributed by atoms with Crippen molar-refractivity contribution >= 4 is 57.4 Å². The maximum absolute atomic E-state index is 10.5. The Labute approximate surface area is 204 Å². The molecule has 0 amide bonds. The summed E-state index contributed by atoms with van der Waals surface area (Å²) in [6.07, 6.45) is 1.12. The summed E-state index contributed by atoms with van der Waals surface area (Å²) in [4.78, 5) is 10.5. The summed E-state index contributed by atoms with van der Waals surface area (Å²) >= 11 is 0. The number of carboxylic acids is 1. The molecule has 0 spiro atoms. The Balaban J connectivity index is 0. The van der Waals surface area contributed by atoms with Crippen LogP contribution in [-0.2, 0) is 4.79 Å². The molecule has 0 aliphatic heterocycles. The second-order valence-electron chi connectivity index (χ2n) is 6.87. The molecule has 0 aromatic heterocycles. The topological polar surface area (TPSA) is 159 Å². The maximum atomic E-state index is 10.5. The number of aliphatic hydroxyl groups is 6. The predicted octanol–water partition coefficient (Wildman–Crippen LogP) is -0.490. The van der Waals surface area contributed by atoms with E-state index in [1.165, 1.54) is 12.8 Å². The van der Waals surface area contributed by atoms with Gasteiger partial charge in [0.05, 0.1) is 6.10 Å². The summed E-state index contributed by atoms with van der Waals surface area (Å²) < 4.78 is 0. The van der Waals surface area contributed by atoms with E-state index in [0.29, 0.717) is 6.42 Å². The van der Waals surface area contributed by atoms with E-state index in [9.17, 15) is 25.2 Å². The molecule has 158 valence electrons. The van der Waals surface area contributed by atoms with E-state index in [-0.39, 0.29) is 64.4 Å². The molecule has 0 radical (unpaired) electrons. The molecule has 0 aliphatic rings. The van der Waals surface area contributed by atoms with Crippen LogP contribution in [0.4, 0.5) is 0 Å². The van der Waals surface area contributed by atoms with Gasteiger partial charge in [0.2, 0.25) is 0 Å². The predicted molar refractivity (Wildman–Crippen MR) is 103 cm³/mol. The summed E-state index contributed by atoms with van der Waals surface area (Å²) in [5.41, 5.74) is 0. The minimum absolute atomic E-state index is 0. The van der Waals surface area contributed by atoms with Crippen LogP contribution >= 0.6 is 0 Å². The standard InChI is InChI=1S/C18H36O8.K.H/c19-12-10-8-6-4-2-1-3-5-7-9-11-13(20)14(21)15(22)16(23)17(24)18(25)26;;/h13-17,19-24H,1-12H2,(H,25,26);;. The van der Waals surface area contributed by atoms with E-state index in [0.717, 1.165) is 44.9 Å². The van der Waals surface area contributed by atoms with Gasteiger partial charge in [0.1, 0.15) is 18.3 Å². The first-order valence-electron chi connectivity index (χ1n) is 9.57. The van der Waals surface area contributed by atoms with Crippen LogP contribution in [-0.4, -0.2) is 130 Å². The number of aliphatic hydroxyl groups excluding tert-OH is 6. The van der Waals surface area contributed by atoms with Gasteiger partial charge in [-0.2, -0.15) is 0 Å². The van der Waals surface area contributed by atoms with Crippen molar-refractivity contribution in [2.75, 3.05) is 6.61 Å². The average Bonchev–Trinajstić information content (AvgIpc) is 2.63. The molecule has 0 aromatic carbocycles. The van der Waals surface area contributed by atoms with Gasteiger partial charge < -0.3 is 35.7 Å². The van der Waals surface area contributed by atoms with Crippen LogP contribution in [0.3, 0.4) is 0 Å². The van der Waals surface area contributed by atoms with Crippen molar-refractivity contribution in [2.24, 2.45) is 0 Å². The Morgan fingerprint density at radius 1 is 0.630 bits per heavy atom. The van der Waals surface area contributed by atoms with Gasteiger partial charge in [-0.1, -0.05) is 57.8 Å². The summed E-state index contributed by atoms with van der Waals surface area (Å²) in [5.74, 6) is -1.72. The normalized spacial score (nSPS) is 16.8. The van der Waals surface area contributed by atoms with Crippen LogP contribution in [0.5, 0.6) is 0 Å². The molecular formula is C18H37KO8. The molecule has 5 unspecified atom stereocenters. The van der Waals surface area contributed by atoms with Gasteiger partial charge in [-0.05, 0) is 12.8 Å². The number of unbranched alkanes of at least 4 members (excludes halogenated alkanes) is 9. The molecule has 8 nitrogen and oxygen atoms in total. The van der Waals surface area contributed by atoms with Crippen molar-refractivity contribution in [1.82, 2.24) is 0 Å². The molecule has 5 atom stereocenters. The number of hydrogen-bond acceptors (Lipinski definition) is 7.